The van der Waals surface area contributed by atoms with Crippen LogP contribution < -0.4 is 5.73 Å². The number of rotatable bonds is 3. The highest BCUT2D eigenvalue weighted by Crippen LogP contribution is 2.42. The van der Waals surface area contributed by atoms with Crippen LogP contribution in [-0.4, -0.2) is 30.4 Å². The molecule has 1 aliphatic heterocycles. The highest BCUT2D eigenvalue weighted by molar-refractivity contribution is 5.89. The molecule has 0 bridgehead atoms. The minimum atomic E-state index is -0.279. The maximum Gasteiger partial charge on any atom is 0.233 e. The summed E-state index contributed by atoms with van der Waals surface area (Å²) in [4.78, 5) is 15.6. The maximum absolute atomic E-state index is 13.5. The van der Waals surface area contributed by atoms with E-state index in [0.29, 0.717) is 11.8 Å². The Bertz CT molecular complexity index is 540. The van der Waals surface area contributed by atoms with Crippen molar-refractivity contribution >= 4 is 5.91 Å². The van der Waals surface area contributed by atoms with E-state index < -0.39 is 0 Å². The van der Waals surface area contributed by atoms with Gasteiger partial charge in [-0.25, -0.2) is 0 Å². The molecule has 0 spiro atoms. The van der Waals surface area contributed by atoms with Gasteiger partial charge in [-0.05, 0) is 56.2 Å². The van der Waals surface area contributed by atoms with Crippen molar-refractivity contribution in [2.45, 2.75) is 57.3 Å². The van der Waals surface area contributed by atoms with Gasteiger partial charge in [0.15, 0.2) is 0 Å². The Kier molecular flexibility index (Phi) is 5.05. The summed E-state index contributed by atoms with van der Waals surface area (Å²) in [5.74, 6) is 0.974. The van der Waals surface area contributed by atoms with E-state index in [1.165, 1.54) is 30.4 Å². The van der Waals surface area contributed by atoms with Gasteiger partial charge in [-0.2, -0.15) is 0 Å². The van der Waals surface area contributed by atoms with E-state index in [1.54, 1.807) is 0 Å². The molecule has 23 heavy (non-hydrogen) atoms. The van der Waals surface area contributed by atoms with Gasteiger partial charge in [0, 0.05) is 13.1 Å². The molecular formula is C20H30N2O. The number of carbonyl (C=O) groups is 1. The fourth-order valence-corrected chi connectivity index (χ4v) is 4.54. The van der Waals surface area contributed by atoms with Gasteiger partial charge in [0.05, 0.1) is 5.41 Å². The second-order valence-electron chi connectivity index (χ2n) is 7.43. The molecule has 3 nitrogen and oxygen atoms in total. The third-order valence-corrected chi connectivity index (χ3v) is 6.01. The van der Waals surface area contributed by atoms with Crippen LogP contribution in [0.5, 0.6) is 0 Å². The molecular weight excluding hydrogens is 284 g/mol. The summed E-state index contributed by atoms with van der Waals surface area (Å²) in [5, 5.41) is 0. The van der Waals surface area contributed by atoms with Crippen molar-refractivity contribution in [3.8, 4) is 0 Å². The molecule has 1 aromatic carbocycles. The average Bonchev–Trinajstić information content (AvgIpc) is 2.62. The number of aryl methyl sites for hydroxylation is 1. The van der Waals surface area contributed by atoms with E-state index in [-0.39, 0.29) is 5.41 Å². The molecule has 2 fully saturated rings. The molecule has 3 heteroatoms. The Morgan fingerprint density at radius 1 is 1.17 bits per heavy atom. The van der Waals surface area contributed by atoms with Crippen molar-refractivity contribution in [2.75, 3.05) is 19.6 Å². The smallest absolute Gasteiger partial charge is 0.233 e. The molecule has 1 aliphatic carbocycles. The zero-order chi connectivity index (χ0) is 16.3. The van der Waals surface area contributed by atoms with Crippen molar-refractivity contribution < 1.29 is 4.79 Å². The second kappa shape index (κ2) is 7.04. The topological polar surface area (TPSA) is 46.3 Å². The quantitative estimate of drug-likeness (QED) is 0.929. The van der Waals surface area contributed by atoms with Crippen LogP contribution in [0, 0.1) is 12.8 Å². The number of benzene rings is 1. The minimum Gasteiger partial charge on any atom is -0.342 e. The molecule has 0 radical (unpaired) electrons. The Morgan fingerprint density at radius 3 is 2.43 bits per heavy atom. The van der Waals surface area contributed by atoms with Crippen molar-refractivity contribution in [2.24, 2.45) is 11.7 Å². The van der Waals surface area contributed by atoms with E-state index >= 15 is 0 Å². The van der Waals surface area contributed by atoms with Gasteiger partial charge in [-0.15, -0.1) is 0 Å². The summed E-state index contributed by atoms with van der Waals surface area (Å²) in [7, 11) is 0. The predicted molar refractivity (Wildman–Crippen MR) is 94.3 cm³/mol. The first kappa shape index (κ1) is 16.5. The molecule has 2 N–H and O–H groups in total. The van der Waals surface area contributed by atoms with Crippen LogP contribution in [0.25, 0.3) is 0 Å². The first-order chi connectivity index (χ1) is 11.2. The number of nitrogens with zero attached hydrogens (tertiary/aromatic N) is 1. The number of likely N-dealkylation sites (tertiary alicyclic amines) is 1. The number of piperidine rings is 1. The summed E-state index contributed by atoms with van der Waals surface area (Å²) in [6.45, 7) is 4.67. The lowest BCUT2D eigenvalue weighted by Gasteiger charge is -2.43. The summed E-state index contributed by atoms with van der Waals surface area (Å²) >= 11 is 0. The van der Waals surface area contributed by atoms with Crippen LogP contribution >= 0.6 is 0 Å². The van der Waals surface area contributed by atoms with Gasteiger partial charge in [0.25, 0.3) is 0 Å². The van der Waals surface area contributed by atoms with Gasteiger partial charge in [-0.1, -0.05) is 43.5 Å². The Balaban J connectivity index is 1.87. The molecule has 0 atom stereocenters. The van der Waals surface area contributed by atoms with Gasteiger partial charge < -0.3 is 10.6 Å². The fraction of sp³-hybridized carbons (Fsp3) is 0.650. The number of hydrogen-bond acceptors (Lipinski definition) is 2. The minimum absolute atomic E-state index is 0.279. The number of nitrogens with two attached hydrogens (primary N) is 1. The van der Waals surface area contributed by atoms with Crippen molar-refractivity contribution in [1.29, 1.82) is 0 Å². The molecule has 2 aliphatic rings. The Hall–Kier alpha value is -1.35. The van der Waals surface area contributed by atoms with E-state index in [2.05, 4.69) is 36.1 Å². The van der Waals surface area contributed by atoms with E-state index in [9.17, 15) is 4.79 Å². The SMILES string of the molecule is Cc1ccccc1C1(C(=O)N2CCC(CN)CC2)CCCCC1. The van der Waals surface area contributed by atoms with E-state index in [0.717, 1.165) is 45.3 Å². The largest absolute Gasteiger partial charge is 0.342 e. The maximum atomic E-state index is 13.5. The highest BCUT2D eigenvalue weighted by atomic mass is 16.2. The van der Waals surface area contributed by atoms with Gasteiger partial charge in [0.2, 0.25) is 5.91 Å². The molecule has 0 unspecified atom stereocenters. The average molecular weight is 314 g/mol. The molecule has 1 saturated carbocycles. The monoisotopic (exact) mass is 314 g/mol. The third kappa shape index (κ3) is 3.16. The molecule has 1 amide bonds. The zero-order valence-corrected chi connectivity index (χ0v) is 14.4. The lowest BCUT2D eigenvalue weighted by Crippen LogP contribution is -2.51. The van der Waals surface area contributed by atoms with Crippen molar-refractivity contribution in [1.82, 2.24) is 4.90 Å². The standard InChI is InChI=1S/C20H30N2O/c1-16-7-3-4-8-18(16)20(11-5-2-6-12-20)19(23)22-13-9-17(15-21)10-14-22/h3-4,7-8,17H,2,5-6,9-15,21H2,1H3. The summed E-state index contributed by atoms with van der Waals surface area (Å²) < 4.78 is 0. The molecule has 1 saturated heterocycles. The number of carbonyl (C=O) groups excluding carboxylic acids is 1. The van der Waals surface area contributed by atoms with Crippen LogP contribution in [0.3, 0.4) is 0 Å². The normalized spacial score (nSPS) is 22.1. The molecule has 1 heterocycles. The van der Waals surface area contributed by atoms with Crippen LogP contribution in [0.15, 0.2) is 24.3 Å². The van der Waals surface area contributed by atoms with Crippen molar-refractivity contribution in [3.05, 3.63) is 35.4 Å². The molecule has 0 aromatic heterocycles. The zero-order valence-electron chi connectivity index (χ0n) is 14.4. The second-order valence-corrected chi connectivity index (χ2v) is 7.43. The van der Waals surface area contributed by atoms with Crippen LogP contribution in [0.1, 0.15) is 56.1 Å². The summed E-state index contributed by atoms with van der Waals surface area (Å²) in [6, 6.07) is 8.50. The highest BCUT2D eigenvalue weighted by Gasteiger charge is 2.44. The molecule has 3 rings (SSSR count). The van der Waals surface area contributed by atoms with E-state index in [4.69, 9.17) is 5.73 Å². The van der Waals surface area contributed by atoms with Crippen LogP contribution in [0.2, 0.25) is 0 Å². The predicted octanol–water partition coefficient (Wildman–Crippen LogP) is 3.39. The van der Waals surface area contributed by atoms with Crippen LogP contribution in [-0.2, 0) is 10.2 Å². The van der Waals surface area contributed by atoms with Gasteiger partial charge in [0.1, 0.15) is 0 Å². The first-order valence-corrected chi connectivity index (χ1v) is 9.23. The van der Waals surface area contributed by atoms with Crippen LogP contribution in [0.4, 0.5) is 0 Å². The number of amides is 1. The van der Waals surface area contributed by atoms with E-state index in [1.807, 2.05) is 0 Å². The lowest BCUT2D eigenvalue weighted by molar-refractivity contribution is -0.140. The first-order valence-electron chi connectivity index (χ1n) is 9.23. The Labute approximate surface area is 140 Å². The van der Waals surface area contributed by atoms with Gasteiger partial charge >= 0.3 is 0 Å². The summed E-state index contributed by atoms with van der Waals surface area (Å²) in [5.41, 5.74) is 8.06. The molecule has 1 aromatic rings. The Morgan fingerprint density at radius 2 is 1.83 bits per heavy atom. The fourth-order valence-electron chi connectivity index (χ4n) is 4.54. The van der Waals surface area contributed by atoms with Crippen molar-refractivity contribution in [3.63, 3.8) is 0 Å². The molecule has 126 valence electrons. The third-order valence-electron chi connectivity index (χ3n) is 6.01. The number of hydrogen-bond donors (Lipinski definition) is 1. The lowest BCUT2D eigenvalue weighted by atomic mass is 9.67. The summed E-state index contributed by atoms with van der Waals surface area (Å²) in [6.07, 6.45) is 7.73. The van der Waals surface area contributed by atoms with Gasteiger partial charge in [-0.3, -0.25) is 4.79 Å².